The summed E-state index contributed by atoms with van der Waals surface area (Å²) in [5.41, 5.74) is 4.45. The van der Waals surface area contributed by atoms with Crippen molar-refractivity contribution in [3.05, 3.63) is 70.8 Å². The number of hydrogen-bond acceptors (Lipinski definition) is 2. The van der Waals surface area contributed by atoms with E-state index in [-0.39, 0.29) is 5.91 Å². The number of guanidine groups is 1. The molecule has 0 heterocycles. The van der Waals surface area contributed by atoms with E-state index in [1.807, 2.05) is 24.3 Å². The van der Waals surface area contributed by atoms with Gasteiger partial charge in [-0.2, -0.15) is 0 Å². The fourth-order valence-electron chi connectivity index (χ4n) is 3.01. The van der Waals surface area contributed by atoms with Gasteiger partial charge in [0.05, 0.1) is 0 Å². The van der Waals surface area contributed by atoms with Crippen LogP contribution in [0.25, 0.3) is 0 Å². The second-order valence-corrected chi connectivity index (χ2v) is 7.35. The van der Waals surface area contributed by atoms with Crippen molar-refractivity contribution in [2.24, 2.45) is 4.99 Å². The van der Waals surface area contributed by atoms with Crippen molar-refractivity contribution >= 4 is 11.9 Å². The molecule has 28 heavy (non-hydrogen) atoms. The van der Waals surface area contributed by atoms with Crippen molar-refractivity contribution in [3.63, 3.8) is 0 Å². The third kappa shape index (κ3) is 6.41. The van der Waals surface area contributed by atoms with Gasteiger partial charge in [0.2, 0.25) is 0 Å². The normalized spacial score (nSPS) is 12.4. The van der Waals surface area contributed by atoms with E-state index in [2.05, 4.69) is 53.7 Å². The molecule has 0 saturated heterocycles. The summed E-state index contributed by atoms with van der Waals surface area (Å²) < 4.78 is 0. The van der Waals surface area contributed by atoms with Crippen LogP contribution in [0, 0.1) is 6.92 Å². The number of carbonyl (C=O) groups excluding carboxylic acids is 1. The zero-order chi connectivity index (χ0) is 20.5. The molecule has 1 amide bonds. The van der Waals surface area contributed by atoms with E-state index >= 15 is 0 Å². The number of nitrogens with one attached hydrogen (secondary N) is 2. The lowest BCUT2D eigenvalue weighted by molar-refractivity contribution is 0.0827. The number of aryl methyl sites for hydroxylation is 1. The summed E-state index contributed by atoms with van der Waals surface area (Å²) in [6.45, 7) is 5.89. The first-order valence-electron chi connectivity index (χ1n) is 9.72. The fraction of sp³-hybridized carbons (Fsp3) is 0.391. The summed E-state index contributed by atoms with van der Waals surface area (Å²) in [6, 6.07) is 16.4. The Morgan fingerprint density at radius 3 is 2.54 bits per heavy atom. The van der Waals surface area contributed by atoms with Crippen LogP contribution < -0.4 is 10.6 Å². The third-order valence-corrected chi connectivity index (χ3v) is 4.70. The summed E-state index contributed by atoms with van der Waals surface area (Å²) in [5.74, 6) is 1.21. The van der Waals surface area contributed by atoms with E-state index in [0.717, 1.165) is 36.6 Å². The highest BCUT2D eigenvalue weighted by Crippen LogP contribution is 2.15. The topological polar surface area (TPSA) is 56.7 Å². The maximum absolute atomic E-state index is 12.1. The molecule has 2 rings (SSSR count). The van der Waals surface area contributed by atoms with E-state index in [4.69, 9.17) is 0 Å². The molecule has 2 aromatic carbocycles. The van der Waals surface area contributed by atoms with E-state index in [0.29, 0.717) is 5.92 Å². The van der Waals surface area contributed by atoms with Crippen LogP contribution in [0.3, 0.4) is 0 Å². The first-order valence-corrected chi connectivity index (χ1v) is 9.72. The number of benzene rings is 2. The van der Waals surface area contributed by atoms with E-state index in [9.17, 15) is 4.79 Å². The van der Waals surface area contributed by atoms with Crippen LogP contribution in [0.5, 0.6) is 0 Å². The minimum atomic E-state index is 0.0254. The molecule has 0 spiro atoms. The molecule has 0 fully saturated rings. The third-order valence-electron chi connectivity index (χ3n) is 4.70. The summed E-state index contributed by atoms with van der Waals surface area (Å²) in [6.07, 6.45) is 0.822. The van der Waals surface area contributed by atoms with Gasteiger partial charge >= 0.3 is 0 Å². The molecule has 0 aliphatic heterocycles. The van der Waals surface area contributed by atoms with E-state index in [1.54, 1.807) is 26.0 Å². The number of amides is 1. The molecule has 2 N–H and O–H groups in total. The van der Waals surface area contributed by atoms with Crippen LogP contribution >= 0.6 is 0 Å². The highest BCUT2D eigenvalue weighted by molar-refractivity contribution is 5.94. The zero-order valence-corrected chi connectivity index (χ0v) is 17.6. The molecule has 150 valence electrons. The maximum atomic E-state index is 12.1. The molecule has 2 aromatic rings. The molecular weight excluding hydrogens is 348 g/mol. The second-order valence-electron chi connectivity index (χ2n) is 7.35. The first-order chi connectivity index (χ1) is 13.4. The van der Waals surface area contributed by atoms with Crippen LogP contribution in [0.15, 0.2) is 53.5 Å². The van der Waals surface area contributed by atoms with Crippen molar-refractivity contribution < 1.29 is 4.79 Å². The van der Waals surface area contributed by atoms with Crippen molar-refractivity contribution in [1.29, 1.82) is 0 Å². The number of carbonyl (C=O) groups is 1. The van der Waals surface area contributed by atoms with Crippen molar-refractivity contribution in [3.8, 4) is 0 Å². The maximum Gasteiger partial charge on any atom is 0.253 e. The van der Waals surface area contributed by atoms with Crippen molar-refractivity contribution in [2.75, 3.05) is 34.2 Å². The Morgan fingerprint density at radius 1 is 1.11 bits per heavy atom. The molecule has 0 aliphatic carbocycles. The second kappa shape index (κ2) is 10.5. The Hall–Kier alpha value is -2.82. The average Bonchev–Trinajstić information content (AvgIpc) is 2.69. The van der Waals surface area contributed by atoms with Gasteiger partial charge in [0.25, 0.3) is 5.91 Å². The van der Waals surface area contributed by atoms with Crippen LogP contribution in [-0.4, -0.2) is 51.0 Å². The van der Waals surface area contributed by atoms with Gasteiger partial charge in [0.15, 0.2) is 5.96 Å². The fourth-order valence-corrected chi connectivity index (χ4v) is 3.01. The van der Waals surface area contributed by atoms with Crippen molar-refractivity contribution in [1.82, 2.24) is 15.5 Å². The number of nitrogens with zero attached hydrogens (tertiary/aromatic N) is 2. The summed E-state index contributed by atoms with van der Waals surface area (Å²) >= 11 is 0. The summed E-state index contributed by atoms with van der Waals surface area (Å²) in [5, 5.41) is 6.75. The average molecular weight is 381 g/mol. The van der Waals surface area contributed by atoms with E-state index < -0.39 is 0 Å². The number of hydrogen-bond donors (Lipinski definition) is 2. The molecule has 0 bridgehead atoms. The predicted octanol–water partition coefficient (Wildman–Crippen LogP) is 3.21. The monoisotopic (exact) mass is 380 g/mol. The van der Waals surface area contributed by atoms with Crippen LogP contribution in [0.2, 0.25) is 0 Å². The Kier molecular flexibility index (Phi) is 8.05. The van der Waals surface area contributed by atoms with Gasteiger partial charge in [0.1, 0.15) is 0 Å². The minimum Gasteiger partial charge on any atom is -0.356 e. The highest BCUT2D eigenvalue weighted by Gasteiger charge is 2.09. The molecule has 0 aliphatic rings. The molecule has 1 unspecified atom stereocenters. The van der Waals surface area contributed by atoms with E-state index in [1.165, 1.54) is 11.1 Å². The SMILES string of the molecule is CN=C(NCCc1cccc(C(=O)N(C)C)c1)NCC(C)c1cccc(C)c1. The predicted molar refractivity (Wildman–Crippen MR) is 117 cm³/mol. The van der Waals surface area contributed by atoms with Gasteiger partial charge in [-0.1, -0.05) is 48.9 Å². The largest absolute Gasteiger partial charge is 0.356 e. The van der Waals surface area contributed by atoms with Crippen LogP contribution in [-0.2, 0) is 6.42 Å². The van der Waals surface area contributed by atoms with Gasteiger partial charge in [-0.05, 0) is 42.5 Å². The smallest absolute Gasteiger partial charge is 0.253 e. The molecule has 1 atom stereocenters. The molecule has 0 radical (unpaired) electrons. The molecule has 5 nitrogen and oxygen atoms in total. The molecule has 0 aromatic heterocycles. The lowest BCUT2D eigenvalue weighted by atomic mass is 9.99. The Bertz CT molecular complexity index is 814. The standard InChI is InChI=1S/C23H32N4O/c1-17-8-6-10-20(14-17)18(2)16-26-23(24-3)25-13-12-19-9-7-11-21(15-19)22(28)27(4)5/h6-11,14-15,18H,12-13,16H2,1-5H3,(H2,24,25,26). The summed E-state index contributed by atoms with van der Waals surface area (Å²) in [7, 11) is 5.32. The number of aliphatic imine (C=N–C) groups is 1. The molecule has 0 saturated carbocycles. The lowest BCUT2D eigenvalue weighted by Gasteiger charge is -2.17. The number of rotatable bonds is 7. The van der Waals surface area contributed by atoms with Gasteiger partial charge in [0, 0.05) is 39.8 Å². The Balaban J connectivity index is 1.83. The van der Waals surface area contributed by atoms with Gasteiger partial charge in [-0.25, -0.2) is 0 Å². The lowest BCUT2D eigenvalue weighted by Crippen LogP contribution is -2.39. The zero-order valence-electron chi connectivity index (χ0n) is 17.6. The molecule has 5 heteroatoms. The highest BCUT2D eigenvalue weighted by atomic mass is 16.2. The van der Waals surface area contributed by atoms with Crippen LogP contribution in [0.4, 0.5) is 0 Å². The van der Waals surface area contributed by atoms with Gasteiger partial charge < -0.3 is 15.5 Å². The first kappa shape index (κ1) is 21.5. The van der Waals surface area contributed by atoms with Crippen LogP contribution in [0.1, 0.15) is 39.9 Å². The minimum absolute atomic E-state index is 0.0254. The van der Waals surface area contributed by atoms with Crippen molar-refractivity contribution in [2.45, 2.75) is 26.2 Å². The quantitative estimate of drug-likeness (QED) is 0.573. The summed E-state index contributed by atoms with van der Waals surface area (Å²) in [4.78, 5) is 18.0. The van der Waals surface area contributed by atoms with Gasteiger partial charge in [-0.3, -0.25) is 9.79 Å². The Morgan fingerprint density at radius 2 is 1.86 bits per heavy atom. The molecular formula is C23H32N4O. The Labute approximate surface area is 168 Å². The van der Waals surface area contributed by atoms with Gasteiger partial charge in [-0.15, -0.1) is 0 Å².